The van der Waals surface area contributed by atoms with Crippen molar-refractivity contribution < 1.29 is 9.53 Å². The van der Waals surface area contributed by atoms with E-state index in [0.717, 1.165) is 23.1 Å². The van der Waals surface area contributed by atoms with Crippen molar-refractivity contribution in [2.75, 3.05) is 6.54 Å². The third-order valence-electron chi connectivity index (χ3n) is 3.88. The van der Waals surface area contributed by atoms with Gasteiger partial charge in [-0.05, 0) is 43.7 Å². The number of carbonyl (C=O) groups excluding carboxylic acids is 1. The maximum absolute atomic E-state index is 12.2. The quantitative estimate of drug-likeness (QED) is 0.529. The second-order valence-corrected chi connectivity index (χ2v) is 7.22. The van der Waals surface area contributed by atoms with Crippen molar-refractivity contribution in [3.63, 3.8) is 0 Å². The summed E-state index contributed by atoms with van der Waals surface area (Å²) in [6, 6.07) is 8.97. The number of nitrogens with zero attached hydrogens (tertiary/aromatic N) is 4. The number of aryl methyl sites for hydroxylation is 2. The molecule has 7 nitrogen and oxygen atoms in total. The number of halogens is 2. The van der Waals surface area contributed by atoms with Gasteiger partial charge in [-0.1, -0.05) is 27.5 Å². The average Bonchev–Trinajstić information content (AvgIpc) is 3.27. The van der Waals surface area contributed by atoms with Crippen molar-refractivity contribution in [2.45, 2.75) is 26.6 Å². The second-order valence-electron chi connectivity index (χ2n) is 5.89. The molecule has 1 N–H and O–H groups in total. The molecule has 0 aliphatic carbocycles. The van der Waals surface area contributed by atoms with Crippen LogP contribution in [0, 0.1) is 6.92 Å². The number of rotatable bonds is 8. The summed E-state index contributed by atoms with van der Waals surface area (Å²) >= 11 is 9.46. The molecule has 2 heterocycles. The van der Waals surface area contributed by atoms with Crippen LogP contribution in [0.2, 0.25) is 5.02 Å². The van der Waals surface area contributed by atoms with Gasteiger partial charge in [0.25, 0.3) is 5.91 Å². The van der Waals surface area contributed by atoms with Gasteiger partial charge in [0.2, 0.25) is 0 Å². The molecule has 0 aliphatic heterocycles. The normalized spacial score (nSPS) is 10.8. The van der Waals surface area contributed by atoms with Crippen molar-refractivity contribution in [3.8, 4) is 5.75 Å². The van der Waals surface area contributed by atoms with E-state index in [1.807, 2.05) is 23.7 Å². The number of carbonyl (C=O) groups is 1. The lowest BCUT2D eigenvalue weighted by Gasteiger charge is -2.08. The standard InChI is InChI=1S/C18H19BrClN5O2/c1-13-5-8-22-25(13)9-2-7-21-18(26)16-6-10-24(23-16)12-27-17-4-3-14(19)11-15(17)20/h3-6,8,10-11H,2,7,9,12H2,1H3,(H,21,26). The zero-order valence-electron chi connectivity index (χ0n) is 14.7. The summed E-state index contributed by atoms with van der Waals surface area (Å²) in [6.45, 7) is 3.47. The number of hydrogen-bond acceptors (Lipinski definition) is 4. The predicted molar refractivity (Wildman–Crippen MR) is 106 cm³/mol. The van der Waals surface area contributed by atoms with E-state index in [-0.39, 0.29) is 12.6 Å². The van der Waals surface area contributed by atoms with E-state index in [9.17, 15) is 4.79 Å². The molecule has 0 bridgehead atoms. The van der Waals surface area contributed by atoms with Crippen LogP contribution in [0.25, 0.3) is 0 Å². The number of amides is 1. The Morgan fingerprint density at radius 1 is 1.33 bits per heavy atom. The first kappa shape index (κ1) is 19.4. The van der Waals surface area contributed by atoms with Crippen LogP contribution in [-0.4, -0.2) is 32.0 Å². The average molecular weight is 453 g/mol. The summed E-state index contributed by atoms with van der Waals surface area (Å²) in [5.74, 6) is 0.336. The highest BCUT2D eigenvalue weighted by atomic mass is 79.9. The molecule has 0 saturated heterocycles. The molecule has 1 amide bonds. The fourth-order valence-corrected chi connectivity index (χ4v) is 3.16. The molecule has 2 aromatic heterocycles. The first-order valence-electron chi connectivity index (χ1n) is 8.41. The highest BCUT2D eigenvalue weighted by Crippen LogP contribution is 2.27. The van der Waals surface area contributed by atoms with Gasteiger partial charge in [-0.3, -0.25) is 9.48 Å². The monoisotopic (exact) mass is 451 g/mol. The van der Waals surface area contributed by atoms with Crippen molar-refractivity contribution in [1.82, 2.24) is 24.9 Å². The Labute approximate surface area is 170 Å². The zero-order valence-corrected chi connectivity index (χ0v) is 17.1. The summed E-state index contributed by atoms with van der Waals surface area (Å²) in [4.78, 5) is 12.2. The van der Waals surface area contributed by atoms with E-state index in [0.29, 0.717) is 23.0 Å². The third kappa shape index (κ3) is 5.33. The van der Waals surface area contributed by atoms with Gasteiger partial charge in [0.05, 0.1) is 5.02 Å². The Bertz CT molecular complexity index is 924. The molecular formula is C18H19BrClN5O2. The van der Waals surface area contributed by atoms with Gasteiger partial charge in [0, 0.05) is 35.6 Å². The zero-order chi connectivity index (χ0) is 19.2. The summed E-state index contributed by atoms with van der Waals surface area (Å²) < 4.78 is 9.95. The third-order valence-corrected chi connectivity index (χ3v) is 4.67. The Morgan fingerprint density at radius 3 is 2.93 bits per heavy atom. The van der Waals surface area contributed by atoms with E-state index < -0.39 is 0 Å². The first-order chi connectivity index (χ1) is 13.0. The van der Waals surface area contributed by atoms with Gasteiger partial charge in [-0.2, -0.15) is 10.2 Å². The maximum Gasteiger partial charge on any atom is 0.271 e. The van der Waals surface area contributed by atoms with E-state index in [2.05, 4.69) is 31.4 Å². The van der Waals surface area contributed by atoms with Gasteiger partial charge >= 0.3 is 0 Å². The summed E-state index contributed by atoms with van der Waals surface area (Å²) in [6.07, 6.45) is 4.25. The number of hydrogen-bond donors (Lipinski definition) is 1. The smallest absolute Gasteiger partial charge is 0.271 e. The van der Waals surface area contributed by atoms with Crippen LogP contribution in [0.5, 0.6) is 5.75 Å². The first-order valence-corrected chi connectivity index (χ1v) is 9.58. The molecule has 0 radical (unpaired) electrons. The van der Waals surface area contributed by atoms with Crippen LogP contribution >= 0.6 is 27.5 Å². The molecule has 0 unspecified atom stereocenters. The van der Waals surface area contributed by atoms with Gasteiger partial charge < -0.3 is 10.1 Å². The van der Waals surface area contributed by atoms with Crippen LogP contribution in [0.1, 0.15) is 22.6 Å². The minimum Gasteiger partial charge on any atom is -0.470 e. The Kier molecular flexibility index (Phi) is 6.52. The Hall–Kier alpha value is -2.32. The molecule has 9 heteroatoms. The van der Waals surface area contributed by atoms with Crippen molar-refractivity contribution in [2.24, 2.45) is 0 Å². The van der Waals surface area contributed by atoms with Gasteiger partial charge in [0.15, 0.2) is 6.73 Å². The highest BCUT2D eigenvalue weighted by Gasteiger charge is 2.10. The number of nitrogens with one attached hydrogen (secondary N) is 1. The van der Waals surface area contributed by atoms with Crippen LogP contribution < -0.4 is 10.1 Å². The van der Waals surface area contributed by atoms with Crippen LogP contribution in [0.3, 0.4) is 0 Å². The van der Waals surface area contributed by atoms with E-state index in [1.165, 1.54) is 0 Å². The molecule has 27 heavy (non-hydrogen) atoms. The highest BCUT2D eigenvalue weighted by molar-refractivity contribution is 9.10. The van der Waals surface area contributed by atoms with Gasteiger partial charge in [-0.25, -0.2) is 4.68 Å². The molecule has 0 atom stereocenters. The van der Waals surface area contributed by atoms with Crippen LogP contribution in [-0.2, 0) is 13.3 Å². The number of ether oxygens (including phenoxy) is 1. The molecule has 1 aromatic carbocycles. The van der Waals surface area contributed by atoms with Gasteiger partial charge in [-0.15, -0.1) is 0 Å². The van der Waals surface area contributed by atoms with Crippen molar-refractivity contribution >= 4 is 33.4 Å². The minimum absolute atomic E-state index is 0.160. The molecule has 0 saturated carbocycles. The fraction of sp³-hybridized carbons (Fsp3) is 0.278. The molecule has 0 fully saturated rings. The lowest BCUT2D eigenvalue weighted by molar-refractivity contribution is 0.0945. The molecule has 142 valence electrons. The Morgan fingerprint density at radius 2 is 2.19 bits per heavy atom. The number of benzene rings is 1. The second kappa shape index (κ2) is 9.05. The lowest BCUT2D eigenvalue weighted by Crippen LogP contribution is -2.26. The lowest BCUT2D eigenvalue weighted by atomic mass is 10.3. The van der Waals surface area contributed by atoms with Crippen LogP contribution in [0.15, 0.2) is 47.2 Å². The topological polar surface area (TPSA) is 74.0 Å². The maximum atomic E-state index is 12.2. The number of aromatic nitrogens is 4. The molecule has 0 spiro atoms. The molecule has 3 rings (SSSR count). The Balaban J connectivity index is 1.45. The van der Waals surface area contributed by atoms with Crippen LogP contribution in [0.4, 0.5) is 0 Å². The molecule has 0 aliphatic rings. The van der Waals surface area contributed by atoms with Crippen molar-refractivity contribution in [3.05, 3.63) is 63.6 Å². The summed E-state index contributed by atoms with van der Waals surface area (Å²) in [5.41, 5.74) is 1.45. The summed E-state index contributed by atoms with van der Waals surface area (Å²) in [7, 11) is 0. The van der Waals surface area contributed by atoms with E-state index in [1.54, 1.807) is 35.3 Å². The molecule has 3 aromatic rings. The van der Waals surface area contributed by atoms with Crippen molar-refractivity contribution in [1.29, 1.82) is 0 Å². The largest absolute Gasteiger partial charge is 0.470 e. The SMILES string of the molecule is Cc1ccnn1CCCNC(=O)c1ccn(COc2ccc(Br)cc2Cl)n1. The minimum atomic E-state index is -0.215. The predicted octanol–water partition coefficient (Wildman–Crippen LogP) is 3.66. The summed E-state index contributed by atoms with van der Waals surface area (Å²) in [5, 5.41) is 11.8. The molecular weight excluding hydrogens is 434 g/mol. The van der Waals surface area contributed by atoms with Gasteiger partial charge in [0.1, 0.15) is 11.4 Å². The van der Waals surface area contributed by atoms with E-state index >= 15 is 0 Å². The fourth-order valence-electron chi connectivity index (χ4n) is 2.44. The van der Waals surface area contributed by atoms with E-state index in [4.69, 9.17) is 16.3 Å².